The highest BCUT2D eigenvalue weighted by molar-refractivity contribution is 7.41. The van der Waals surface area contributed by atoms with Gasteiger partial charge in [-0.05, 0) is 13.0 Å². The Balaban J connectivity index is 4.50. The van der Waals surface area contributed by atoms with Crippen LogP contribution in [0.5, 0.6) is 0 Å². The normalized spacial score (nSPS) is 11.4. The van der Waals surface area contributed by atoms with E-state index in [1.165, 1.54) is 6.26 Å². The van der Waals surface area contributed by atoms with Crippen molar-refractivity contribution in [3.05, 3.63) is 42.3 Å². The Morgan fingerprint density at radius 3 is 2.64 bits per heavy atom. The van der Waals surface area contributed by atoms with Crippen molar-refractivity contribution in [3.8, 4) is 0 Å². The topological polar surface area (TPSA) is 9.23 Å². The third-order valence-electron chi connectivity index (χ3n) is 1.05. The summed E-state index contributed by atoms with van der Waals surface area (Å²) >= 11 is 0. The number of ether oxygens (including phenoxy) is 1. The second kappa shape index (κ2) is 5.73. The van der Waals surface area contributed by atoms with Gasteiger partial charge in [-0.3, -0.25) is 0 Å². The summed E-state index contributed by atoms with van der Waals surface area (Å²) in [5.41, 5.74) is 2.51. The molecule has 0 aromatic rings. The van der Waals surface area contributed by atoms with Crippen molar-refractivity contribution in [1.29, 1.82) is 0 Å². The molecule has 0 N–H and O–H groups in total. The second-order valence-electron chi connectivity index (χ2n) is 1.75. The maximum atomic E-state index is 5.11. The van der Waals surface area contributed by atoms with Crippen LogP contribution in [-0.2, 0) is 4.74 Å². The van der Waals surface area contributed by atoms with Gasteiger partial charge >= 0.3 is 0 Å². The van der Waals surface area contributed by atoms with Crippen molar-refractivity contribution in [2.75, 3.05) is 0 Å². The highest BCUT2D eigenvalue weighted by Crippen LogP contribution is 2.17. The molecule has 0 aliphatic rings. The Morgan fingerprint density at radius 2 is 2.27 bits per heavy atom. The zero-order chi connectivity index (χ0) is 8.69. The van der Waals surface area contributed by atoms with E-state index in [1.54, 1.807) is 6.08 Å². The SMILES string of the molecule is C=C=COC(C=C)=C(C)P=C. The Hall–Kier alpha value is -1.03. The quantitative estimate of drug-likeness (QED) is 0.270. The third-order valence-corrected chi connectivity index (χ3v) is 1.74. The first-order chi connectivity index (χ1) is 5.26. The minimum Gasteiger partial charge on any atom is -0.456 e. The average Bonchev–Trinajstić information content (AvgIpc) is 2.05. The van der Waals surface area contributed by atoms with Crippen molar-refractivity contribution < 1.29 is 4.74 Å². The van der Waals surface area contributed by atoms with Crippen LogP contribution in [0.4, 0.5) is 0 Å². The Bertz CT molecular complexity index is 232. The highest BCUT2D eigenvalue weighted by atomic mass is 31.1. The fourth-order valence-corrected chi connectivity index (χ4v) is 0.764. The van der Waals surface area contributed by atoms with Gasteiger partial charge in [-0.15, -0.1) is 0 Å². The van der Waals surface area contributed by atoms with Gasteiger partial charge in [0.25, 0.3) is 0 Å². The van der Waals surface area contributed by atoms with Gasteiger partial charge in [0, 0.05) is 5.31 Å². The third kappa shape index (κ3) is 3.62. The summed E-state index contributed by atoms with van der Waals surface area (Å²) in [6.45, 7) is 8.90. The fraction of sp³-hybridized carbons (Fsp3) is 0.111. The molecule has 1 nitrogen and oxygen atoms in total. The first-order valence-electron chi connectivity index (χ1n) is 3.07. The summed E-state index contributed by atoms with van der Waals surface area (Å²) in [7, 11) is 0.934. The summed E-state index contributed by atoms with van der Waals surface area (Å²) < 4.78 is 5.11. The van der Waals surface area contributed by atoms with Gasteiger partial charge in [-0.1, -0.05) is 33.4 Å². The molecule has 0 aromatic carbocycles. The van der Waals surface area contributed by atoms with Crippen molar-refractivity contribution in [2.45, 2.75) is 6.92 Å². The zero-order valence-electron chi connectivity index (χ0n) is 6.63. The van der Waals surface area contributed by atoms with Crippen molar-refractivity contribution in [2.24, 2.45) is 0 Å². The molecule has 0 unspecified atom stereocenters. The van der Waals surface area contributed by atoms with Crippen LogP contribution in [0.25, 0.3) is 0 Å². The fourth-order valence-electron chi connectivity index (χ4n) is 0.464. The van der Waals surface area contributed by atoms with E-state index in [0.717, 1.165) is 19.3 Å². The molecule has 0 aliphatic carbocycles. The lowest BCUT2D eigenvalue weighted by molar-refractivity contribution is 0.367. The molecule has 2 heteroatoms. The molecule has 0 saturated heterocycles. The maximum absolute atomic E-state index is 5.11. The van der Waals surface area contributed by atoms with E-state index in [0.29, 0.717) is 0 Å². The molecule has 58 valence electrons. The molecule has 0 amide bonds. The van der Waals surface area contributed by atoms with E-state index >= 15 is 0 Å². The van der Waals surface area contributed by atoms with Crippen LogP contribution >= 0.6 is 8.20 Å². The van der Waals surface area contributed by atoms with Crippen molar-refractivity contribution in [3.63, 3.8) is 0 Å². The molecule has 0 saturated carbocycles. The molecule has 0 bridgehead atoms. The lowest BCUT2D eigenvalue weighted by atomic mass is 10.4. The van der Waals surface area contributed by atoms with E-state index in [4.69, 9.17) is 4.74 Å². The predicted molar refractivity (Wildman–Crippen MR) is 51.7 cm³/mol. The van der Waals surface area contributed by atoms with E-state index in [9.17, 15) is 0 Å². The summed E-state index contributed by atoms with van der Waals surface area (Å²) in [6, 6.07) is 0. The number of rotatable bonds is 4. The highest BCUT2D eigenvalue weighted by Gasteiger charge is 1.92. The molecule has 0 heterocycles. The predicted octanol–water partition coefficient (Wildman–Crippen LogP) is 3.10. The van der Waals surface area contributed by atoms with Crippen molar-refractivity contribution in [1.82, 2.24) is 0 Å². The van der Waals surface area contributed by atoms with Gasteiger partial charge in [-0.25, -0.2) is 0 Å². The summed E-state index contributed by atoms with van der Waals surface area (Å²) in [5, 5.41) is 1.03. The Morgan fingerprint density at radius 1 is 1.64 bits per heavy atom. The number of hydrogen-bond acceptors (Lipinski definition) is 1. The molecule has 0 rings (SSSR count). The van der Waals surface area contributed by atoms with Gasteiger partial charge in [0.05, 0.1) is 0 Å². The smallest absolute Gasteiger partial charge is 0.134 e. The zero-order valence-corrected chi connectivity index (χ0v) is 7.53. The Kier molecular flexibility index (Phi) is 5.20. The van der Waals surface area contributed by atoms with Crippen LogP contribution in [0, 0.1) is 0 Å². The molecule has 0 aromatic heterocycles. The molecule has 11 heavy (non-hydrogen) atoms. The molecule has 0 atom stereocenters. The minimum absolute atomic E-state index is 0.720. The van der Waals surface area contributed by atoms with Crippen LogP contribution in [0.15, 0.2) is 42.3 Å². The van der Waals surface area contributed by atoms with E-state index in [-0.39, 0.29) is 0 Å². The first kappa shape index (κ1) is 9.97. The van der Waals surface area contributed by atoms with E-state index in [2.05, 4.69) is 25.2 Å². The molecular formula is C9H11OP. The molecule has 0 aliphatic heterocycles. The van der Waals surface area contributed by atoms with Gasteiger partial charge in [0.15, 0.2) is 0 Å². The van der Waals surface area contributed by atoms with Crippen LogP contribution in [0.3, 0.4) is 0 Å². The van der Waals surface area contributed by atoms with Crippen LogP contribution < -0.4 is 0 Å². The summed E-state index contributed by atoms with van der Waals surface area (Å²) in [5.74, 6) is 0.720. The standard InChI is InChI=1S/C9H11OP/c1-5-7-10-9(6-2)8(3)11-4/h6-7H,1-2,4H2,3H3. The number of allylic oxidation sites excluding steroid dienone is 2. The molecule has 0 radical (unpaired) electrons. The second-order valence-corrected chi connectivity index (χ2v) is 2.74. The van der Waals surface area contributed by atoms with Gasteiger partial charge in [0.2, 0.25) is 0 Å². The Labute approximate surface area is 69.2 Å². The summed E-state index contributed by atoms with van der Waals surface area (Å²) in [4.78, 5) is 0. The summed E-state index contributed by atoms with van der Waals surface area (Å²) in [6.07, 6.45) is 6.73. The molecular weight excluding hydrogens is 155 g/mol. The van der Waals surface area contributed by atoms with Gasteiger partial charge < -0.3 is 4.74 Å². The van der Waals surface area contributed by atoms with Gasteiger partial charge in [-0.2, -0.15) is 0 Å². The first-order valence-corrected chi connectivity index (χ1v) is 4.15. The largest absolute Gasteiger partial charge is 0.456 e. The number of hydrogen-bond donors (Lipinski definition) is 0. The van der Waals surface area contributed by atoms with Crippen LogP contribution in [-0.4, -0.2) is 6.30 Å². The average molecular weight is 166 g/mol. The van der Waals surface area contributed by atoms with Gasteiger partial charge in [0.1, 0.15) is 12.0 Å². The lowest BCUT2D eigenvalue weighted by Gasteiger charge is -2.00. The van der Waals surface area contributed by atoms with E-state index < -0.39 is 0 Å². The van der Waals surface area contributed by atoms with E-state index in [1.807, 2.05) is 6.92 Å². The molecule has 0 spiro atoms. The monoisotopic (exact) mass is 166 g/mol. The molecule has 0 fully saturated rings. The minimum atomic E-state index is 0.720. The van der Waals surface area contributed by atoms with Crippen LogP contribution in [0.1, 0.15) is 6.92 Å². The van der Waals surface area contributed by atoms with Crippen LogP contribution in [0.2, 0.25) is 0 Å². The lowest BCUT2D eigenvalue weighted by Crippen LogP contribution is -1.80. The van der Waals surface area contributed by atoms with Crippen molar-refractivity contribution >= 4 is 14.5 Å². The maximum Gasteiger partial charge on any atom is 0.134 e.